The second kappa shape index (κ2) is 3.88. The average Bonchev–Trinajstić information content (AvgIpc) is 2.74. The number of fused-ring (bicyclic) bond motifs is 1. The van der Waals surface area contributed by atoms with Gasteiger partial charge in [-0.2, -0.15) is 0 Å². The van der Waals surface area contributed by atoms with Crippen molar-refractivity contribution in [2.75, 3.05) is 0 Å². The van der Waals surface area contributed by atoms with Gasteiger partial charge >= 0.3 is 0 Å². The number of aromatic nitrogens is 2. The van der Waals surface area contributed by atoms with Crippen LogP contribution in [0, 0.1) is 17.8 Å². The molecule has 0 aliphatic heterocycles. The number of hydrogen-bond acceptors (Lipinski definition) is 2. The topological polar surface area (TPSA) is 43.8 Å². The van der Waals surface area contributed by atoms with Crippen LogP contribution in [0.25, 0.3) is 0 Å². The van der Waals surface area contributed by atoms with Gasteiger partial charge in [-0.3, -0.25) is 0 Å². The van der Waals surface area contributed by atoms with Gasteiger partial charge in [0.25, 0.3) is 0 Å². The van der Waals surface area contributed by atoms with Gasteiger partial charge in [0.15, 0.2) is 0 Å². The minimum Gasteiger partial charge on any atom is -0.334 e. The zero-order chi connectivity index (χ0) is 11.1. The van der Waals surface area contributed by atoms with Crippen molar-refractivity contribution in [2.24, 2.45) is 23.5 Å². The van der Waals surface area contributed by atoms with Crippen molar-refractivity contribution >= 4 is 0 Å². The number of aryl methyl sites for hydroxylation is 1. The van der Waals surface area contributed by atoms with Crippen molar-refractivity contribution in [1.82, 2.24) is 9.55 Å². The first-order valence-corrected chi connectivity index (χ1v) is 6.56. The minimum atomic E-state index is 0.161. The molecule has 1 aromatic rings. The second-order valence-corrected chi connectivity index (χ2v) is 5.49. The highest BCUT2D eigenvalue weighted by Crippen LogP contribution is 2.56. The Bertz CT molecular complexity index is 361. The summed E-state index contributed by atoms with van der Waals surface area (Å²) in [6.07, 6.45) is 9.24. The van der Waals surface area contributed by atoms with Crippen LogP contribution in [0.1, 0.15) is 44.5 Å². The molecule has 88 valence electrons. The van der Waals surface area contributed by atoms with Gasteiger partial charge in [-0.25, -0.2) is 4.98 Å². The number of rotatable bonds is 4. The summed E-state index contributed by atoms with van der Waals surface area (Å²) in [5, 5.41) is 0. The van der Waals surface area contributed by atoms with Gasteiger partial charge in [-0.1, -0.05) is 6.92 Å². The van der Waals surface area contributed by atoms with Gasteiger partial charge in [-0.15, -0.1) is 0 Å². The van der Waals surface area contributed by atoms with Crippen molar-refractivity contribution < 1.29 is 0 Å². The molecule has 16 heavy (non-hydrogen) atoms. The van der Waals surface area contributed by atoms with E-state index >= 15 is 0 Å². The van der Waals surface area contributed by atoms with Crippen molar-refractivity contribution in [3.05, 3.63) is 18.2 Å². The van der Waals surface area contributed by atoms with Crippen molar-refractivity contribution in [2.45, 2.75) is 45.2 Å². The zero-order valence-electron chi connectivity index (χ0n) is 9.97. The fourth-order valence-electron chi connectivity index (χ4n) is 3.31. The van der Waals surface area contributed by atoms with E-state index < -0.39 is 0 Å². The molecule has 0 saturated heterocycles. The van der Waals surface area contributed by atoms with E-state index in [1.165, 1.54) is 19.3 Å². The number of nitrogens with two attached hydrogens (primary N) is 1. The molecule has 3 nitrogen and oxygen atoms in total. The summed E-state index contributed by atoms with van der Waals surface area (Å²) in [6.45, 7) is 3.24. The van der Waals surface area contributed by atoms with Gasteiger partial charge in [0.1, 0.15) is 5.82 Å². The molecule has 3 unspecified atom stereocenters. The van der Waals surface area contributed by atoms with Gasteiger partial charge in [0.05, 0.1) is 6.04 Å². The predicted octanol–water partition coefficient (Wildman–Crippen LogP) is 2.34. The standard InChI is InChI=1S/C13H21N3/c1-2-4-16-5-3-15-13(16)12(14)11-7-9-6-10(9)8-11/h3,5,9-12H,2,4,6-8,14H2,1H3. The molecule has 0 bridgehead atoms. The van der Waals surface area contributed by atoms with Crippen LogP contribution < -0.4 is 5.73 Å². The largest absolute Gasteiger partial charge is 0.334 e. The molecule has 0 amide bonds. The summed E-state index contributed by atoms with van der Waals surface area (Å²) in [6, 6.07) is 0.161. The Labute approximate surface area is 97.0 Å². The summed E-state index contributed by atoms with van der Waals surface area (Å²) in [7, 11) is 0. The number of hydrogen-bond donors (Lipinski definition) is 1. The van der Waals surface area contributed by atoms with Crippen molar-refractivity contribution in [3.63, 3.8) is 0 Å². The van der Waals surface area contributed by atoms with E-state index in [0.29, 0.717) is 5.92 Å². The van der Waals surface area contributed by atoms with Crippen LogP contribution in [-0.2, 0) is 6.54 Å². The highest BCUT2D eigenvalue weighted by atomic mass is 15.1. The summed E-state index contributed by atoms with van der Waals surface area (Å²) in [5.41, 5.74) is 6.38. The Balaban J connectivity index is 1.72. The monoisotopic (exact) mass is 219 g/mol. The number of imidazole rings is 1. The molecule has 1 aromatic heterocycles. The Kier molecular flexibility index (Phi) is 2.51. The molecule has 2 aliphatic carbocycles. The summed E-state index contributed by atoms with van der Waals surface area (Å²) < 4.78 is 2.23. The molecule has 2 aliphatic rings. The smallest absolute Gasteiger partial charge is 0.125 e. The molecular weight excluding hydrogens is 198 g/mol. The summed E-state index contributed by atoms with van der Waals surface area (Å²) in [4.78, 5) is 4.46. The third-order valence-corrected chi connectivity index (χ3v) is 4.30. The lowest BCUT2D eigenvalue weighted by Gasteiger charge is -2.21. The highest BCUT2D eigenvalue weighted by molar-refractivity contribution is 5.06. The third kappa shape index (κ3) is 1.67. The van der Waals surface area contributed by atoms with E-state index in [1.807, 2.05) is 6.20 Å². The molecule has 3 atom stereocenters. The molecule has 2 fully saturated rings. The quantitative estimate of drug-likeness (QED) is 0.844. The molecule has 3 rings (SSSR count). The predicted molar refractivity (Wildman–Crippen MR) is 63.8 cm³/mol. The van der Waals surface area contributed by atoms with Crippen LogP contribution in [0.5, 0.6) is 0 Å². The Morgan fingerprint density at radius 3 is 2.88 bits per heavy atom. The van der Waals surface area contributed by atoms with Gasteiger partial charge in [-0.05, 0) is 43.4 Å². The minimum absolute atomic E-state index is 0.161. The van der Waals surface area contributed by atoms with Crippen LogP contribution in [0.3, 0.4) is 0 Å². The first-order valence-electron chi connectivity index (χ1n) is 6.56. The molecular formula is C13H21N3. The normalized spacial score (nSPS) is 33.8. The van der Waals surface area contributed by atoms with Crippen LogP contribution in [-0.4, -0.2) is 9.55 Å². The molecule has 0 aromatic carbocycles. The van der Waals surface area contributed by atoms with E-state index in [0.717, 1.165) is 30.6 Å². The Morgan fingerprint density at radius 1 is 1.44 bits per heavy atom. The van der Waals surface area contributed by atoms with E-state index in [1.54, 1.807) is 0 Å². The third-order valence-electron chi connectivity index (χ3n) is 4.30. The molecule has 2 N–H and O–H groups in total. The maximum absolute atomic E-state index is 6.38. The zero-order valence-corrected chi connectivity index (χ0v) is 9.97. The van der Waals surface area contributed by atoms with Gasteiger partial charge in [0, 0.05) is 18.9 Å². The molecule has 3 heteroatoms. The van der Waals surface area contributed by atoms with Gasteiger partial charge in [0.2, 0.25) is 0 Å². The Morgan fingerprint density at radius 2 is 2.19 bits per heavy atom. The summed E-state index contributed by atoms with van der Waals surface area (Å²) >= 11 is 0. The van der Waals surface area contributed by atoms with Crippen LogP contribution in [0.2, 0.25) is 0 Å². The average molecular weight is 219 g/mol. The van der Waals surface area contributed by atoms with E-state index in [-0.39, 0.29) is 6.04 Å². The Hall–Kier alpha value is -0.830. The first kappa shape index (κ1) is 10.3. The lowest BCUT2D eigenvalue weighted by molar-refractivity contribution is 0.379. The van der Waals surface area contributed by atoms with Crippen molar-refractivity contribution in [1.29, 1.82) is 0 Å². The molecule has 0 radical (unpaired) electrons. The summed E-state index contributed by atoms with van der Waals surface area (Å²) in [5.74, 6) is 3.80. The highest BCUT2D eigenvalue weighted by Gasteiger charge is 2.47. The van der Waals surface area contributed by atoms with E-state index in [2.05, 4.69) is 22.7 Å². The SMILES string of the molecule is CCCn1ccnc1C(N)C1CC2CC2C1. The maximum atomic E-state index is 6.38. The maximum Gasteiger partial charge on any atom is 0.125 e. The molecule has 2 saturated carbocycles. The molecule has 1 heterocycles. The lowest BCUT2D eigenvalue weighted by atomic mass is 9.94. The fourth-order valence-corrected chi connectivity index (χ4v) is 3.31. The fraction of sp³-hybridized carbons (Fsp3) is 0.769. The van der Waals surface area contributed by atoms with Crippen LogP contribution >= 0.6 is 0 Å². The first-order chi connectivity index (χ1) is 7.79. The second-order valence-electron chi connectivity index (χ2n) is 5.49. The number of nitrogens with zero attached hydrogens (tertiary/aromatic N) is 2. The van der Waals surface area contributed by atoms with Gasteiger partial charge < -0.3 is 10.3 Å². The van der Waals surface area contributed by atoms with Crippen molar-refractivity contribution in [3.8, 4) is 0 Å². The van der Waals surface area contributed by atoms with Crippen LogP contribution in [0.4, 0.5) is 0 Å². The van der Waals surface area contributed by atoms with Crippen LogP contribution in [0.15, 0.2) is 12.4 Å². The lowest BCUT2D eigenvalue weighted by Crippen LogP contribution is -2.24. The molecule has 0 spiro atoms. The van der Waals surface area contributed by atoms with E-state index in [9.17, 15) is 0 Å². The van der Waals surface area contributed by atoms with E-state index in [4.69, 9.17) is 5.73 Å².